The molecule has 2 heteroatoms. The number of hydrogen-bond donors (Lipinski definition) is 0. The smallest absolute Gasteiger partial charge is 0.0435 e. The molecule has 1 unspecified atom stereocenters. The third-order valence-corrected chi connectivity index (χ3v) is 4.10. The van der Waals surface area contributed by atoms with E-state index in [0.29, 0.717) is 5.88 Å². The van der Waals surface area contributed by atoms with E-state index in [-0.39, 0.29) is 5.41 Å². The summed E-state index contributed by atoms with van der Waals surface area (Å²) in [6, 6.07) is 6.22. The Hall–Kier alpha value is -0.200. The molecule has 0 aromatic heterocycles. The van der Waals surface area contributed by atoms with Crippen molar-refractivity contribution in [1.29, 1.82) is 0 Å². The molecule has 0 N–H and O–H groups in total. The van der Waals surface area contributed by atoms with Crippen LogP contribution in [0.4, 0.5) is 0 Å². The highest BCUT2D eigenvalue weighted by molar-refractivity contribution is 6.31. The molecule has 0 spiro atoms. The molecule has 15 heavy (non-hydrogen) atoms. The molecule has 0 saturated carbocycles. The maximum Gasteiger partial charge on any atom is 0.0435 e. The summed E-state index contributed by atoms with van der Waals surface area (Å²) in [5.74, 6) is 0.700. The summed E-state index contributed by atoms with van der Waals surface area (Å²) < 4.78 is 0. The quantitative estimate of drug-likeness (QED) is 0.665. The molecule has 0 fully saturated rings. The average molecular weight is 245 g/mol. The van der Waals surface area contributed by atoms with Crippen molar-refractivity contribution in [3.05, 3.63) is 34.3 Å². The fraction of sp³-hybridized carbons (Fsp3) is 0.538. The van der Waals surface area contributed by atoms with Crippen LogP contribution in [0.25, 0.3) is 0 Å². The third-order valence-electron chi connectivity index (χ3n) is 3.03. The minimum Gasteiger partial charge on any atom is -0.126 e. The second-order valence-corrected chi connectivity index (χ2v) is 5.23. The molecule has 0 aliphatic carbocycles. The van der Waals surface area contributed by atoms with Gasteiger partial charge < -0.3 is 0 Å². The molecular formula is C13H18Cl2. The molecule has 0 radical (unpaired) electrons. The SMILES string of the molecule is CCC(C)(CCl)Cc1ccc(Cl)c(C)c1. The molecule has 0 heterocycles. The number of benzene rings is 1. The van der Waals surface area contributed by atoms with Crippen molar-refractivity contribution < 1.29 is 0 Å². The van der Waals surface area contributed by atoms with Crippen molar-refractivity contribution in [3.8, 4) is 0 Å². The van der Waals surface area contributed by atoms with Crippen LogP contribution in [0.1, 0.15) is 31.4 Å². The number of halogens is 2. The fourth-order valence-corrected chi connectivity index (χ4v) is 1.98. The van der Waals surface area contributed by atoms with E-state index in [9.17, 15) is 0 Å². The van der Waals surface area contributed by atoms with Crippen molar-refractivity contribution in [2.45, 2.75) is 33.6 Å². The van der Waals surface area contributed by atoms with Crippen LogP contribution in [0.15, 0.2) is 18.2 Å². The lowest BCUT2D eigenvalue weighted by molar-refractivity contribution is 0.355. The molecule has 0 saturated heterocycles. The summed E-state index contributed by atoms with van der Waals surface area (Å²) in [5.41, 5.74) is 2.66. The molecule has 0 amide bonds. The van der Waals surface area contributed by atoms with E-state index in [1.54, 1.807) is 0 Å². The Bertz CT molecular complexity index is 327. The lowest BCUT2D eigenvalue weighted by Gasteiger charge is -2.25. The first kappa shape index (κ1) is 12.9. The molecule has 0 aliphatic heterocycles. The number of aryl methyl sites for hydroxylation is 1. The fourth-order valence-electron chi connectivity index (χ4n) is 1.58. The zero-order chi connectivity index (χ0) is 11.5. The predicted octanol–water partition coefficient (Wildman–Crippen LogP) is 4.85. The Balaban J connectivity index is 2.85. The molecule has 1 rings (SSSR count). The zero-order valence-electron chi connectivity index (χ0n) is 9.61. The Labute approximate surface area is 103 Å². The summed E-state index contributed by atoms with van der Waals surface area (Å²) in [6.07, 6.45) is 2.11. The summed E-state index contributed by atoms with van der Waals surface area (Å²) >= 11 is 12.0. The molecular weight excluding hydrogens is 227 g/mol. The predicted molar refractivity (Wildman–Crippen MR) is 69.0 cm³/mol. The standard InChI is InChI=1S/C13H18Cl2/c1-4-13(3,9-14)8-11-5-6-12(15)10(2)7-11/h5-7H,4,8-9H2,1-3H3. The maximum absolute atomic E-state index is 6.00. The van der Waals surface area contributed by atoms with Crippen molar-refractivity contribution in [3.63, 3.8) is 0 Å². The van der Waals surface area contributed by atoms with Crippen LogP contribution in [-0.4, -0.2) is 5.88 Å². The van der Waals surface area contributed by atoms with Gasteiger partial charge in [0.2, 0.25) is 0 Å². The second-order valence-electron chi connectivity index (χ2n) is 4.56. The van der Waals surface area contributed by atoms with Crippen LogP contribution in [0, 0.1) is 12.3 Å². The van der Waals surface area contributed by atoms with Crippen molar-refractivity contribution in [1.82, 2.24) is 0 Å². The summed E-state index contributed by atoms with van der Waals surface area (Å²) in [4.78, 5) is 0. The highest BCUT2D eigenvalue weighted by Crippen LogP contribution is 2.29. The van der Waals surface area contributed by atoms with E-state index in [0.717, 1.165) is 23.4 Å². The minimum atomic E-state index is 0.196. The van der Waals surface area contributed by atoms with Crippen LogP contribution in [0.5, 0.6) is 0 Å². The first-order chi connectivity index (χ1) is 7.00. The monoisotopic (exact) mass is 244 g/mol. The van der Waals surface area contributed by atoms with Gasteiger partial charge in [0.05, 0.1) is 0 Å². The Morgan fingerprint density at radius 2 is 2.00 bits per heavy atom. The normalized spacial score (nSPS) is 15.0. The molecule has 0 aliphatic rings. The summed E-state index contributed by atoms with van der Waals surface area (Å²) in [5, 5.41) is 0.836. The molecule has 0 nitrogen and oxygen atoms in total. The van der Waals surface area contributed by atoms with Gasteiger partial charge in [-0.1, -0.05) is 37.6 Å². The van der Waals surface area contributed by atoms with Crippen molar-refractivity contribution >= 4 is 23.2 Å². The van der Waals surface area contributed by atoms with Crippen LogP contribution in [-0.2, 0) is 6.42 Å². The Morgan fingerprint density at radius 1 is 1.33 bits per heavy atom. The highest BCUT2D eigenvalue weighted by Gasteiger charge is 2.21. The maximum atomic E-state index is 6.00. The van der Waals surface area contributed by atoms with Crippen LogP contribution in [0.3, 0.4) is 0 Å². The van der Waals surface area contributed by atoms with E-state index >= 15 is 0 Å². The molecule has 1 aromatic rings. The zero-order valence-corrected chi connectivity index (χ0v) is 11.1. The third kappa shape index (κ3) is 3.39. The van der Waals surface area contributed by atoms with E-state index < -0.39 is 0 Å². The average Bonchev–Trinajstić information content (AvgIpc) is 2.23. The molecule has 1 atom stereocenters. The Kier molecular flexibility index (Phi) is 4.48. The second kappa shape index (κ2) is 5.23. The summed E-state index contributed by atoms with van der Waals surface area (Å²) in [7, 11) is 0. The van der Waals surface area contributed by atoms with Crippen LogP contribution >= 0.6 is 23.2 Å². The van der Waals surface area contributed by atoms with Gasteiger partial charge >= 0.3 is 0 Å². The first-order valence-corrected chi connectivity index (χ1v) is 6.23. The lowest BCUT2D eigenvalue weighted by Crippen LogP contribution is -2.20. The van der Waals surface area contributed by atoms with Crippen LogP contribution < -0.4 is 0 Å². The van der Waals surface area contributed by atoms with E-state index in [1.165, 1.54) is 5.56 Å². The first-order valence-electron chi connectivity index (χ1n) is 5.32. The van der Waals surface area contributed by atoms with Gasteiger partial charge in [-0.3, -0.25) is 0 Å². The highest BCUT2D eigenvalue weighted by atomic mass is 35.5. The van der Waals surface area contributed by atoms with E-state index in [1.807, 2.05) is 13.0 Å². The number of alkyl halides is 1. The largest absolute Gasteiger partial charge is 0.126 e. The van der Waals surface area contributed by atoms with Gasteiger partial charge in [0, 0.05) is 10.9 Å². The Morgan fingerprint density at radius 3 is 2.47 bits per heavy atom. The summed E-state index contributed by atoms with van der Waals surface area (Å²) in [6.45, 7) is 6.45. The minimum absolute atomic E-state index is 0.196. The van der Waals surface area contributed by atoms with Gasteiger partial charge in [0.15, 0.2) is 0 Å². The topological polar surface area (TPSA) is 0 Å². The van der Waals surface area contributed by atoms with Crippen molar-refractivity contribution in [2.75, 3.05) is 5.88 Å². The van der Waals surface area contributed by atoms with Gasteiger partial charge in [-0.2, -0.15) is 0 Å². The molecule has 1 aromatic carbocycles. The van der Waals surface area contributed by atoms with Gasteiger partial charge in [0.1, 0.15) is 0 Å². The van der Waals surface area contributed by atoms with Gasteiger partial charge in [-0.25, -0.2) is 0 Å². The van der Waals surface area contributed by atoms with Crippen molar-refractivity contribution in [2.24, 2.45) is 5.41 Å². The lowest BCUT2D eigenvalue weighted by atomic mass is 9.83. The van der Waals surface area contributed by atoms with E-state index in [2.05, 4.69) is 26.0 Å². The van der Waals surface area contributed by atoms with Gasteiger partial charge in [0.25, 0.3) is 0 Å². The van der Waals surface area contributed by atoms with E-state index in [4.69, 9.17) is 23.2 Å². The van der Waals surface area contributed by atoms with Crippen LogP contribution in [0.2, 0.25) is 5.02 Å². The molecule has 84 valence electrons. The number of hydrogen-bond acceptors (Lipinski definition) is 0. The van der Waals surface area contributed by atoms with Gasteiger partial charge in [-0.15, -0.1) is 11.6 Å². The van der Waals surface area contributed by atoms with Gasteiger partial charge in [-0.05, 0) is 42.4 Å². The molecule has 0 bridgehead atoms. The number of rotatable bonds is 4.